The number of sulfonamides is 1. The Labute approximate surface area is 182 Å². The summed E-state index contributed by atoms with van der Waals surface area (Å²) in [6.07, 6.45) is 4.15. The van der Waals surface area contributed by atoms with Crippen LogP contribution < -0.4 is 10.6 Å². The lowest BCUT2D eigenvalue weighted by atomic mass is 9.58. The van der Waals surface area contributed by atoms with Crippen LogP contribution in [-0.2, 0) is 14.8 Å². The van der Waals surface area contributed by atoms with Gasteiger partial charge in [0, 0.05) is 37.7 Å². The Balaban J connectivity index is 0.00000364. The van der Waals surface area contributed by atoms with Crippen molar-refractivity contribution in [3.8, 4) is 0 Å². The van der Waals surface area contributed by atoms with E-state index >= 15 is 0 Å². The minimum Gasteiger partial charge on any atom is -0.378 e. The quantitative estimate of drug-likeness (QED) is 0.279. The fourth-order valence-corrected chi connectivity index (χ4v) is 5.80. The summed E-state index contributed by atoms with van der Waals surface area (Å²) < 4.78 is 31.3. The highest BCUT2D eigenvalue weighted by Gasteiger charge is 2.53. The molecule has 1 aliphatic heterocycles. The van der Waals surface area contributed by atoms with E-state index in [4.69, 9.17) is 4.74 Å². The first kappa shape index (κ1) is 24.9. The molecule has 2 rings (SSSR count). The zero-order valence-electron chi connectivity index (χ0n) is 17.2. The van der Waals surface area contributed by atoms with Crippen LogP contribution >= 0.6 is 24.0 Å². The Morgan fingerprint density at radius 3 is 2.48 bits per heavy atom. The van der Waals surface area contributed by atoms with Crippen LogP contribution in [0.4, 0.5) is 0 Å². The summed E-state index contributed by atoms with van der Waals surface area (Å²) in [6, 6.07) is 0.336. The van der Waals surface area contributed by atoms with E-state index in [0.717, 1.165) is 44.8 Å². The van der Waals surface area contributed by atoms with Gasteiger partial charge < -0.3 is 15.4 Å². The van der Waals surface area contributed by atoms with E-state index in [9.17, 15) is 8.42 Å². The number of rotatable bonds is 9. The summed E-state index contributed by atoms with van der Waals surface area (Å²) in [4.78, 5) is 4.62. The Bertz CT molecular complexity index is 581. The van der Waals surface area contributed by atoms with Crippen molar-refractivity contribution in [3.63, 3.8) is 0 Å². The number of ether oxygens (including phenoxy) is 1. The van der Waals surface area contributed by atoms with Crippen molar-refractivity contribution < 1.29 is 13.2 Å². The van der Waals surface area contributed by atoms with Crippen LogP contribution in [0.3, 0.4) is 0 Å². The Morgan fingerprint density at radius 1 is 1.26 bits per heavy atom. The molecule has 2 unspecified atom stereocenters. The molecule has 0 aromatic carbocycles. The first-order valence-corrected chi connectivity index (χ1v) is 11.7. The minimum absolute atomic E-state index is 0. The molecule has 1 saturated carbocycles. The normalized spacial score (nSPS) is 26.9. The average molecular weight is 516 g/mol. The zero-order chi connectivity index (χ0) is 19.2. The molecule has 2 N–H and O–H groups in total. The number of aliphatic imine (C=N–C) groups is 1. The molecule has 2 aliphatic rings. The summed E-state index contributed by atoms with van der Waals surface area (Å²) in [5.41, 5.74) is 0.143. The van der Waals surface area contributed by atoms with E-state index in [0.29, 0.717) is 31.8 Å². The van der Waals surface area contributed by atoms with Gasteiger partial charge in [-0.15, -0.1) is 24.0 Å². The second kappa shape index (κ2) is 11.2. The molecule has 0 amide bonds. The molecule has 7 nitrogen and oxygen atoms in total. The van der Waals surface area contributed by atoms with Crippen molar-refractivity contribution in [2.24, 2.45) is 10.4 Å². The van der Waals surface area contributed by atoms with Gasteiger partial charge in [0.2, 0.25) is 10.0 Å². The van der Waals surface area contributed by atoms with Gasteiger partial charge in [0.15, 0.2) is 5.96 Å². The monoisotopic (exact) mass is 516 g/mol. The summed E-state index contributed by atoms with van der Waals surface area (Å²) >= 11 is 0. The molecular weight excluding hydrogens is 479 g/mol. The third-order valence-corrected chi connectivity index (χ3v) is 7.90. The third-order valence-electron chi connectivity index (χ3n) is 5.95. The van der Waals surface area contributed by atoms with Gasteiger partial charge in [-0.2, -0.15) is 0 Å². The van der Waals surface area contributed by atoms with E-state index in [-0.39, 0.29) is 35.1 Å². The van der Waals surface area contributed by atoms with Crippen LogP contribution in [0.15, 0.2) is 4.99 Å². The number of halogens is 1. The molecule has 160 valence electrons. The van der Waals surface area contributed by atoms with E-state index in [1.165, 1.54) is 0 Å². The average Bonchev–Trinajstić information content (AvgIpc) is 2.93. The molecule has 1 saturated heterocycles. The number of hydrogen-bond donors (Lipinski definition) is 2. The SMILES string of the molecule is CCNC(=NCCN1CCCS1(=O)=O)NC1CC(OCC)C1(CC)CC.I. The molecule has 0 aromatic heterocycles. The Morgan fingerprint density at radius 2 is 1.96 bits per heavy atom. The van der Waals surface area contributed by atoms with E-state index in [1.807, 2.05) is 6.92 Å². The third kappa shape index (κ3) is 5.70. The fourth-order valence-electron chi connectivity index (χ4n) is 4.28. The molecular formula is C18H37IN4O3S. The van der Waals surface area contributed by atoms with Gasteiger partial charge in [-0.3, -0.25) is 4.99 Å². The van der Waals surface area contributed by atoms with Crippen molar-refractivity contribution in [1.82, 2.24) is 14.9 Å². The summed E-state index contributed by atoms with van der Waals surface area (Å²) in [5, 5.41) is 6.86. The summed E-state index contributed by atoms with van der Waals surface area (Å²) in [6.45, 7) is 11.6. The zero-order valence-corrected chi connectivity index (χ0v) is 20.3. The molecule has 0 bridgehead atoms. The lowest BCUT2D eigenvalue weighted by Gasteiger charge is -2.55. The van der Waals surface area contributed by atoms with Gasteiger partial charge in [0.25, 0.3) is 0 Å². The molecule has 1 aliphatic carbocycles. The van der Waals surface area contributed by atoms with Crippen LogP contribution in [-0.4, -0.2) is 69.4 Å². The highest BCUT2D eigenvalue weighted by atomic mass is 127. The van der Waals surface area contributed by atoms with E-state index < -0.39 is 10.0 Å². The Hall–Kier alpha value is -0.130. The number of nitrogens with zero attached hydrogens (tertiary/aromatic N) is 2. The summed E-state index contributed by atoms with van der Waals surface area (Å²) in [7, 11) is -3.05. The lowest BCUT2D eigenvalue weighted by Crippen LogP contribution is -2.65. The second-order valence-electron chi connectivity index (χ2n) is 7.15. The highest BCUT2D eigenvalue weighted by Crippen LogP contribution is 2.48. The van der Waals surface area contributed by atoms with Crippen molar-refractivity contribution in [3.05, 3.63) is 0 Å². The number of guanidine groups is 1. The first-order chi connectivity index (χ1) is 12.4. The van der Waals surface area contributed by atoms with Gasteiger partial charge in [-0.05, 0) is 39.5 Å². The predicted octanol–water partition coefficient (Wildman–Crippen LogP) is 2.18. The van der Waals surface area contributed by atoms with Gasteiger partial charge in [-0.25, -0.2) is 12.7 Å². The van der Waals surface area contributed by atoms with Gasteiger partial charge >= 0.3 is 0 Å². The lowest BCUT2D eigenvalue weighted by molar-refractivity contribution is -0.133. The van der Waals surface area contributed by atoms with Gasteiger partial charge in [0.1, 0.15) is 0 Å². The smallest absolute Gasteiger partial charge is 0.214 e. The molecule has 0 spiro atoms. The minimum atomic E-state index is -3.05. The second-order valence-corrected chi connectivity index (χ2v) is 9.23. The maximum absolute atomic E-state index is 11.9. The maximum atomic E-state index is 11.9. The van der Waals surface area contributed by atoms with Crippen molar-refractivity contribution in [2.75, 3.05) is 38.5 Å². The topological polar surface area (TPSA) is 83.0 Å². The molecule has 9 heteroatoms. The van der Waals surface area contributed by atoms with Crippen molar-refractivity contribution in [1.29, 1.82) is 0 Å². The largest absolute Gasteiger partial charge is 0.378 e. The maximum Gasteiger partial charge on any atom is 0.214 e. The van der Waals surface area contributed by atoms with Crippen LogP contribution in [0.25, 0.3) is 0 Å². The number of hydrogen-bond acceptors (Lipinski definition) is 4. The van der Waals surface area contributed by atoms with Crippen molar-refractivity contribution in [2.45, 2.75) is 65.5 Å². The van der Waals surface area contributed by atoms with Crippen molar-refractivity contribution >= 4 is 40.0 Å². The molecule has 27 heavy (non-hydrogen) atoms. The van der Waals surface area contributed by atoms with Crippen LogP contribution in [0.1, 0.15) is 53.4 Å². The molecule has 2 fully saturated rings. The first-order valence-electron chi connectivity index (χ1n) is 10.1. The molecule has 0 aromatic rings. The standard InChI is InChI=1S/C18H36N4O3S.HI/c1-5-18(6-2)15(14-16(18)25-8-4)21-17(19-7-3)20-10-12-22-11-9-13-26(22,23)24;/h15-16H,5-14H2,1-4H3,(H2,19,20,21);1H. The Kier molecular flexibility index (Phi) is 10.3. The van der Waals surface area contributed by atoms with Gasteiger partial charge in [0.05, 0.1) is 18.4 Å². The van der Waals surface area contributed by atoms with Gasteiger partial charge in [-0.1, -0.05) is 13.8 Å². The predicted molar refractivity (Wildman–Crippen MR) is 121 cm³/mol. The van der Waals surface area contributed by atoms with E-state index in [1.54, 1.807) is 4.31 Å². The van der Waals surface area contributed by atoms with Crippen LogP contribution in [0, 0.1) is 5.41 Å². The fraction of sp³-hybridized carbons (Fsp3) is 0.944. The highest BCUT2D eigenvalue weighted by molar-refractivity contribution is 14.0. The van der Waals surface area contributed by atoms with Crippen LogP contribution in [0.5, 0.6) is 0 Å². The molecule has 0 radical (unpaired) electrons. The van der Waals surface area contributed by atoms with Crippen LogP contribution in [0.2, 0.25) is 0 Å². The molecule has 2 atom stereocenters. The summed E-state index contributed by atoms with van der Waals surface area (Å²) in [5.74, 6) is 1.04. The molecule has 1 heterocycles. The number of nitrogens with one attached hydrogen (secondary N) is 2. The van der Waals surface area contributed by atoms with E-state index in [2.05, 4.69) is 36.4 Å².